The van der Waals surface area contributed by atoms with Gasteiger partial charge in [-0.05, 0) is 31.5 Å². The van der Waals surface area contributed by atoms with Gasteiger partial charge in [0.2, 0.25) is 11.8 Å². The molecule has 2 atom stereocenters. The van der Waals surface area contributed by atoms with E-state index in [0.717, 1.165) is 16.5 Å². The van der Waals surface area contributed by atoms with Gasteiger partial charge in [-0.3, -0.25) is 9.59 Å². The normalized spacial score (nSPS) is 14.2. The van der Waals surface area contributed by atoms with E-state index in [1.807, 2.05) is 69.8 Å². The molecule has 0 radical (unpaired) electrons. The predicted octanol–water partition coefficient (Wildman–Crippen LogP) is 2.67. The number of aryl methyl sites for hydroxylation is 1. The van der Waals surface area contributed by atoms with E-state index in [4.69, 9.17) is 0 Å². The summed E-state index contributed by atoms with van der Waals surface area (Å²) in [6, 6.07) is 7.09. The lowest BCUT2D eigenvalue weighted by Gasteiger charge is -2.34. The highest BCUT2D eigenvalue weighted by molar-refractivity contribution is 5.91. The summed E-state index contributed by atoms with van der Waals surface area (Å²) in [5.74, 6) is -1.58. The van der Waals surface area contributed by atoms with E-state index in [-0.39, 0.29) is 29.9 Å². The summed E-state index contributed by atoms with van der Waals surface area (Å²) in [6.45, 7) is 9.19. The molecule has 1 heterocycles. The van der Waals surface area contributed by atoms with E-state index >= 15 is 0 Å². The number of likely N-dealkylation sites (N-methyl/N-ethyl adjacent to an activating group) is 2. The number of carboxylic acid groups (broad SMARTS) is 1. The van der Waals surface area contributed by atoms with Crippen molar-refractivity contribution in [2.24, 2.45) is 13.0 Å². The minimum Gasteiger partial charge on any atom is -0.478 e. The Morgan fingerprint density at radius 1 is 1.21 bits per heavy atom. The Morgan fingerprint density at radius 3 is 2.38 bits per heavy atom. The van der Waals surface area contributed by atoms with Crippen LogP contribution in [-0.4, -0.2) is 65.1 Å². The Balaban J connectivity index is 2.18. The van der Waals surface area contributed by atoms with Gasteiger partial charge in [0.05, 0.1) is 18.6 Å². The Hall–Kier alpha value is -3.13. The molecular formula is C26H38N4O4. The number of aromatic nitrogens is 1. The molecule has 186 valence electrons. The van der Waals surface area contributed by atoms with Crippen LogP contribution in [0.1, 0.15) is 40.2 Å². The first kappa shape index (κ1) is 27.1. The molecular weight excluding hydrogens is 432 g/mol. The zero-order chi connectivity index (χ0) is 25.8. The highest BCUT2D eigenvalue weighted by Gasteiger charge is 2.38. The third-order valence-corrected chi connectivity index (χ3v) is 6.56. The predicted molar refractivity (Wildman–Crippen MR) is 135 cm³/mol. The second kappa shape index (κ2) is 10.9. The van der Waals surface area contributed by atoms with E-state index in [1.54, 1.807) is 20.2 Å². The summed E-state index contributed by atoms with van der Waals surface area (Å²) < 4.78 is 2.05. The summed E-state index contributed by atoms with van der Waals surface area (Å²) in [5.41, 5.74) is 1.74. The summed E-state index contributed by atoms with van der Waals surface area (Å²) >= 11 is 0. The van der Waals surface area contributed by atoms with E-state index in [1.165, 1.54) is 11.8 Å². The average molecular weight is 471 g/mol. The van der Waals surface area contributed by atoms with Crippen LogP contribution in [0, 0.1) is 5.92 Å². The molecule has 1 aromatic heterocycles. The molecule has 0 saturated carbocycles. The highest BCUT2D eigenvalue weighted by Crippen LogP contribution is 2.34. The van der Waals surface area contributed by atoms with Gasteiger partial charge in [-0.2, -0.15) is 0 Å². The number of carbonyl (C=O) groups excluding carboxylic acids is 2. The SMILES string of the molecule is CNC(C(=O)NCC(=O)N(C)[C@H](C=C(C)C(=O)O)C(C)C)C(C)(C)c1cn(C)c2ccccc12. The Bertz CT molecular complexity index is 1080. The molecule has 8 heteroatoms. The van der Waals surface area contributed by atoms with Crippen molar-refractivity contribution >= 4 is 28.7 Å². The van der Waals surface area contributed by atoms with Gasteiger partial charge in [-0.25, -0.2) is 4.79 Å². The van der Waals surface area contributed by atoms with Crippen LogP contribution >= 0.6 is 0 Å². The van der Waals surface area contributed by atoms with E-state index in [9.17, 15) is 19.5 Å². The molecule has 0 bridgehead atoms. The number of carbonyl (C=O) groups is 3. The first-order valence-electron chi connectivity index (χ1n) is 11.5. The third kappa shape index (κ3) is 5.67. The number of fused-ring (bicyclic) bond motifs is 1. The second-order valence-corrected chi connectivity index (χ2v) is 9.73. The van der Waals surface area contributed by atoms with E-state index in [0.29, 0.717) is 0 Å². The molecule has 1 aromatic carbocycles. The summed E-state index contributed by atoms with van der Waals surface area (Å²) in [7, 11) is 5.34. The van der Waals surface area contributed by atoms with Gasteiger partial charge in [0.15, 0.2) is 0 Å². The van der Waals surface area contributed by atoms with Crippen LogP contribution < -0.4 is 10.6 Å². The standard InChI is InChI=1S/C26H38N4O4/c1-16(2)21(13-17(3)25(33)34)30(8)22(31)14-28-24(32)23(27-6)26(4,5)19-15-29(7)20-12-10-9-11-18(19)20/h9-13,15-16,21,23,27H,14H2,1-8H3,(H,28,32)(H,33,34)/t21-,23?/m1/s1. The minimum absolute atomic E-state index is 0.00861. The number of amides is 2. The Labute approximate surface area is 202 Å². The van der Waals surface area contributed by atoms with Crippen LogP contribution in [0.3, 0.4) is 0 Å². The number of nitrogens with one attached hydrogen (secondary N) is 2. The molecule has 0 saturated heterocycles. The number of carboxylic acids is 1. The first-order valence-corrected chi connectivity index (χ1v) is 11.5. The average Bonchev–Trinajstić information content (AvgIpc) is 3.12. The van der Waals surface area contributed by atoms with Gasteiger partial charge >= 0.3 is 5.97 Å². The number of hydrogen-bond donors (Lipinski definition) is 3. The molecule has 0 aliphatic rings. The van der Waals surface area contributed by atoms with Crippen LogP contribution in [0.15, 0.2) is 42.1 Å². The van der Waals surface area contributed by atoms with Gasteiger partial charge in [-0.15, -0.1) is 0 Å². The van der Waals surface area contributed by atoms with Gasteiger partial charge in [0.1, 0.15) is 0 Å². The number of benzene rings is 1. The maximum atomic E-state index is 13.2. The molecule has 34 heavy (non-hydrogen) atoms. The molecule has 0 aliphatic carbocycles. The molecule has 8 nitrogen and oxygen atoms in total. The summed E-state index contributed by atoms with van der Waals surface area (Å²) in [6.07, 6.45) is 3.62. The Morgan fingerprint density at radius 2 is 1.82 bits per heavy atom. The van der Waals surface area contributed by atoms with Gasteiger partial charge in [0.25, 0.3) is 0 Å². The van der Waals surface area contributed by atoms with Crippen LogP contribution in [0.4, 0.5) is 0 Å². The maximum Gasteiger partial charge on any atom is 0.331 e. The number of rotatable bonds is 10. The molecule has 0 fully saturated rings. The fraction of sp³-hybridized carbons (Fsp3) is 0.500. The highest BCUT2D eigenvalue weighted by atomic mass is 16.4. The molecule has 2 amide bonds. The molecule has 3 N–H and O–H groups in total. The first-order chi connectivity index (χ1) is 15.8. The van der Waals surface area contributed by atoms with Crippen LogP contribution in [-0.2, 0) is 26.8 Å². The van der Waals surface area contributed by atoms with Crippen LogP contribution in [0.25, 0.3) is 10.9 Å². The number of aliphatic carboxylic acids is 1. The molecule has 2 aromatic rings. The second-order valence-electron chi connectivity index (χ2n) is 9.73. The number of nitrogens with zero attached hydrogens (tertiary/aromatic N) is 2. The quantitative estimate of drug-likeness (QED) is 0.463. The van der Waals surface area contributed by atoms with Crippen molar-refractivity contribution in [3.05, 3.63) is 47.7 Å². The fourth-order valence-corrected chi connectivity index (χ4v) is 4.46. The zero-order valence-electron chi connectivity index (χ0n) is 21.5. The maximum absolute atomic E-state index is 13.2. The molecule has 0 aliphatic heterocycles. The monoisotopic (exact) mass is 470 g/mol. The topological polar surface area (TPSA) is 104 Å². The smallest absolute Gasteiger partial charge is 0.331 e. The summed E-state index contributed by atoms with van der Waals surface area (Å²) in [5, 5.41) is 16.2. The molecule has 0 spiro atoms. The van der Waals surface area contributed by atoms with Crippen molar-refractivity contribution in [1.82, 2.24) is 20.1 Å². The van der Waals surface area contributed by atoms with Crippen molar-refractivity contribution < 1.29 is 19.5 Å². The van der Waals surface area contributed by atoms with Crippen molar-refractivity contribution in [1.29, 1.82) is 0 Å². The van der Waals surface area contributed by atoms with E-state index < -0.39 is 23.5 Å². The van der Waals surface area contributed by atoms with Gasteiger partial charge < -0.3 is 25.2 Å². The van der Waals surface area contributed by atoms with Crippen molar-refractivity contribution in [2.75, 3.05) is 20.6 Å². The van der Waals surface area contributed by atoms with Gasteiger partial charge in [-0.1, -0.05) is 52.0 Å². The van der Waals surface area contributed by atoms with Gasteiger partial charge in [0, 0.05) is 42.2 Å². The zero-order valence-corrected chi connectivity index (χ0v) is 21.5. The minimum atomic E-state index is -1.02. The lowest BCUT2D eigenvalue weighted by atomic mass is 9.77. The van der Waals surface area contributed by atoms with Crippen molar-refractivity contribution in [3.63, 3.8) is 0 Å². The fourth-order valence-electron chi connectivity index (χ4n) is 4.46. The Kier molecular flexibility index (Phi) is 8.66. The molecule has 1 unspecified atom stereocenters. The number of para-hydroxylation sites is 1. The number of hydrogen-bond acceptors (Lipinski definition) is 4. The third-order valence-electron chi connectivity index (χ3n) is 6.56. The van der Waals surface area contributed by atoms with Crippen molar-refractivity contribution in [3.8, 4) is 0 Å². The van der Waals surface area contributed by atoms with Crippen LogP contribution in [0.2, 0.25) is 0 Å². The largest absolute Gasteiger partial charge is 0.478 e. The lowest BCUT2D eigenvalue weighted by Crippen LogP contribution is -2.55. The van der Waals surface area contributed by atoms with Crippen LogP contribution in [0.5, 0.6) is 0 Å². The lowest BCUT2D eigenvalue weighted by molar-refractivity contribution is -0.134. The summed E-state index contributed by atoms with van der Waals surface area (Å²) in [4.78, 5) is 38.8. The molecule has 2 rings (SSSR count). The van der Waals surface area contributed by atoms with Crippen molar-refractivity contribution in [2.45, 2.75) is 52.1 Å². The van der Waals surface area contributed by atoms with E-state index in [2.05, 4.69) is 10.6 Å².